The fourth-order valence-electron chi connectivity index (χ4n) is 2.76. The number of hydrogen-bond donors (Lipinski definition) is 2. The molecule has 0 aliphatic carbocycles. The molecule has 0 saturated heterocycles. The van der Waals surface area contributed by atoms with E-state index in [1.54, 1.807) is 18.2 Å². The molecule has 3 aromatic rings. The Bertz CT molecular complexity index is 979. The monoisotopic (exact) mass is 468 g/mol. The zero-order chi connectivity index (χ0) is 20.5. The van der Waals surface area contributed by atoms with Gasteiger partial charge in [-0.3, -0.25) is 10.1 Å². The highest BCUT2D eigenvalue weighted by Crippen LogP contribution is 2.24. The standard InChI is InChI=1S/C23H21BrN2O2S/c24-19-12-6-11-18(16-19)22(27)26-23(29)25-20-13-4-5-14-21(20)28-15-7-10-17-8-2-1-3-9-17/h1-6,8-9,11-14,16H,7,10,15H2,(H2,25,26,27,29). The van der Waals surface area contributed by atoms with Gasteiger partial charge >= 0.3 is 0 Å². The summed E-state index contributed by atoms with van der Waals surface area (Å²) in [5.74, 6) is 0.421. The van der Waals surface area contributed by atoms with Crippen molar-refractivity contribution in [2.24, 2.45) is 0 Å². The predicted octanol–water partition coefficient (Wildman–Crippen LogP) is 5.59. The number of ether oxygens (including phenoxy) is 1. The van der Waals surface area contributed by atoms with Crippen molar-refractivity contribution in [3.05, 3.63) is 94.5 Å². The third kappa shape index (κ3) is 6.69. The van der Waals surface area contributed by atoms with Crippen LogP contribution in [0.1, 0.15) is 22.3 Å². The van der Waals surface area contributed by atoms with Crippen LogP contribution < -0.4 is 15.4 Å². The number of halogens is 1. The van der Waals surface area contributed by atoms with Gasteiger partial charge in [-0.15, -0.1) is 0 Å². The van der Waals surface area contributed by atoms with Crippen LogP contribution in [0.3, 0.4) is 0 Å². The molecule has 0 radical (unpaired) electrons. The molecule has 0 unspecified atom stereocenters. The van der Waals surface area contributed by atoms with E-state index in [4.69, 9.17) is 17.0 Å². The van der Waals surface area contributed by atoms with E-state index in [1.165, 1.54) is 5.56 Å². The molecule has 0 spiro atoms. The lowest BCUT2D eigenvalue weighted by Gasteiger charge is -2.14. The third-order valence-corrected chi connectivity index (χ3v) is 4.86. The Labute approximate surface area is 184 Å². The van der Waals surface area contributed by atoms with Crippen molar-refractivity contribution in [3.63, 3.8) is 0 Å². The van der Waals surface area contributed by atoms with Crippen LogP contribution in [-0.4, -0.2) is 17.6 Å². The molecule has 148 valence electrons. The van der Waals surface area contributed by atoms with Crippen LogP contribution in [0.4, 0.5) is 5.69 Å². The fourth-order valence-corrected chi connectivity index (χ4v) is 3.36. The number of amides is 1. The summed E-state index contributed by atoms with van der Waals surface area (Å²) in [4.78, 5) is 12.3. The number of para-hydroxylation sites is 2. The Kier molecular flexibility index (Phi) is 7.78. The molecule has 6 heteroatoms. The second-order valence-corrected chi connectivity index (χ2v) is 7.68. The van der Waals surface area contributed by atoms with Crippen molar-refractivity contribution in [2.75, 3.05) is 11.9 Å². The van der Waals surface area contributed by atoms with Crippen LogP contribution in [0.25, 0.3) is 0 Å². The summed E-state index contributed by atoms with van der Waals surface area (Å²) in [5.41, 5.74) is 2.53. The lowest BCUT2D eigenvalue weighted by atomic mass is 10.1. The molecule has 3 aromatic carbocycles. The van der Waals surface area contributed by atoms with Crippen molar-refractivity contribution in [3.8, 4) is 5.75 Å². The SMILES string of the molecule is O=C(NC(=S)Nc1ccccc1OCCCc1ccccc1)c1cccc(Br)c1. The van der Waals surface area contributed by atoms with Gasteiger partial charge in [0.25, 0.3) is 5.91 Å². The van der Waals surface area contributed by atoms with Crippen LogP contribution in [0.15, 0.2) is 83.3 Å². The van der Waals surface area contributed by atoms with Crippen molar-refractivity contribution in [2.45, 2.75) is 12.8 Å². The van der Waals surface area contributed by atoms with Gasteiger partial charge in [0.15, 0.2) is 5.11 Å². The predicted molar refractivity (Wildman–Crippen MR) is 125 cm³/mol. The highest BCUT2D eigenvalue weighted by molar-refractivity contribution is 9.10. The molecule has 0 atom stereocenters. The minimum absolute atomic E-state index is 0.218. The lowest BCUT2D eigenvalue weighted by molar-refractivity contribution is 0.0977. The first-order valence-electron chi connectivity index (χ1n) is 9.25. The van der Waals surface area contributed by atoms with E-state index < -0.39 is 0 Å². The number of nitrogens with one attached hydrogen (secondary N) is 2. The summed E-state index contributed by atoms with van der Waals surface area (Å²) in [6.07, 6.45) is 1.86. The van der Waals surface area contributed by atoms with Crippen LogP contribution in [0, 0.1) is 0 Å². The minimum Gasteiger partial charge on any atom is -0.491 e. The molecule has 0 bridgehead atoms. The molecule has 0 fully saturated rings. The molecule has 0 aliphatic heterocycles. The number of carbonyl (C=O) groups excluding carboxylic acids is 1. The Morgan fingerprint density at radius 1 is 0.966 bits per heavy atom. The number of carbonyl (C=O) groups is 1. The van der Waals surface area contributed by atoms with E-state index in [0.29, 0.717) is 23.6 Å². The Hall–Kier alpha value is -2.70. The second-order valence-electron chi connectivity index (χ2n) is 6.35. The highest BCUT2D eigenvalue weighted by atomic mass is 79.9. The van der Waals surface area contributed by atoms with E-state index in [-0.39, 0.29) is 11.0 Å². The van der Waals surface area contributed by atoms with E-state index in [1.807, 2.05) is 48.5 Å². The van der Waals surface area contributed by atoms with Gasteiger partial charge in [0.05, 0.1) is 12.3 Å². The zero-order valence-electron chi connectivity index (χ0n) is 15.7. The molecule has 0 heterocycles. The van der Waals surface area contributed by atoms with Gasteiger partial charge in [-0.05, 0) is 61.0 Å². The summed E-state index contributed by atoms with van der Waals surface area (Å²) in [5, 5.41) is 5.96. The zero-order valence-corrected chi connectivity index (χ0v) is 18.1. The summed E-state index contributed by atoms with van der Waals surface area (Å²) in [6, 6.07) is 25.0. The molecule has 3 rings (SSSR count). The van der Waals surface area contributed by atoms with E-state index in [9.17, 15) is 4.79 Å². The number of anilines is 1. The van der Waals surface area contributed by atoms with Crippen LogP contribution in [0.2, 0.25) is 0 Å². The Balaban J connectivity index is 1.52. The Morgan fingerprint density at radius 2 is 1.72 bits per heavy atom. The lowest BCUT2D eigenvalue weighted by Crippen LogP contribution is -2.34. The molecular formula is C23H21BrN2O2S. The van der Waals surface area contributed by atoms with Gasteiger partial charge in [-0.1, -0.05) is 64.5 Å². The van der Waals surface area contributed by atoms with E-state index >= 15 is 0 Å². The number of aryl methyl sites for hydroxylation is 1. The fraction of sp³-hybridized carbons (Fsp3) is 0.130. The molecule has 0 saturated carbocycles. The quantitative estimate of drug-likeness (QED) is 0.350. The van der Waals surface area contributed by atoms with Gasteiger partial charge in [0, 0.05) is 10.0 Å². The largest absolute Gasteiger partial charge is 0.491 e. The van der Waals surface area contributed by atoms with E-state index in [0.717, 1.165) is 17.3 Å². The van der Waals surface area contributed by atoms with Gasteiger partial charge < -0.3 is 10.1 Å². The number of benzene rings is 3. The maximum absolute atomic E-state index is 12.3. The molecule has 0 aliphatic rings. The first-order valence-corrected chi connectivity index (χ1v) is 10.5. The molecule has 2 N–H and O–H groups in total. The van der Waals surface area contributed by atoms with Crippen molar-refractivity contribution in [1.82, 2.24) is 5.32 Å². The van der Waals surface area contributed by atoms with Gasteiger partial charge in [-0.2, -0.15) is 0 Å². The van der Waals surface area contributed by atoms with Crippen LogP contribution in [0.5, 0.6) is 5.75 Å². The molecular weight excluding hydrogens is 448 g/mol. The molecule has 1 amide bonds. The first kappa shape index (κ1) is 21.0. The summed E-state index contributed by atoms with van der Waals surface area (Å²) < 4.78 is 6.76. The maximum atomic E-state index is 12.3. The number of hydrogen-bond acceptors (Lipinski definition) is 3. The van der Waals surface area contributed by atoms with Crippen molar-refractivity contribution < 1.29 is 9.53 Å². The second kappa shape index (κ2) is 10.7. The average molecular weight is 469 g/mol. The molecule has 0 aromatic heterocycles. The van der Waals surface area contributed by atoms with Crippen molar-refractivity contribution >= 4 is 44.9 Å². The van der Waals surface area contributed by atoms with Gasteiger partial charge in [0.2, 0.25) is 0 Å². The highest BCUT2D eigenvalue weighted by Gasteiger charge is 2.10. The topological polar surface area (TPSA) is 50.4 Å². The minimum atomic E-state index is -0.273. The number of rotatable bonds is 7. The van der Waals surface area contributed by atoms with Gasteiger partial charge in [-0.25, -0.2) is 0 Å². The number of thiocarbonyl (C=S) groups is 1. The van der Waals surface area contributed by atoms with Crippen molar-refractivity contribution in [1.29, 1.82) is 0 Å². The van der Waals surface area contributed by atoms with Crippen LogP contribution in [-0.2, 0) is 6.42 Å². The summed E-state index contributed by atoms with van der Waals surface area (Å²) in [6.45, 7) is 0.588. The maximum Gasteiger partial charge on any atom is 0.257 e. The smallest absolute Gasteiger partial charge is 0.257 e. The first-order chi connectivity index (χ1) is 14.1. The summed E-state index contributed by atoms with van der Waals surface area (Å²) in [7, 11) is 0. The van der Waals surface area contributed by atoms with Crippen LogP contribution >= 0.6 is 28.1 Å². The average Bonchev–Trinajstić information content (AvgIpc) is 2.73. The van der Waals surface area contributed by atoms with E-state index in [2.05, 4.69) is 38.7 Å². The normalized spacial score (nSPS) is 10.2. The Morgan fingerprint density at radius 3 is 2.52 bits per heavy atom. The molecule has 29 heavy (non-hydrogen) atoms. The molecule has 4 nitrogen and oxygen atoms in total. The third-order valence-electron chi connectivity index (χ3n) is 4.16. The van der Waals surface area contributed by atoms with Gasteiger partial charge in [0.1, 0.15) is 5.75 Å². The summed E-state index contributed by atoms with van der Waals surface area (Å²) >= 11 is 8.65.